The second-order valence-electron chi connectivity index (χ2n) is 7.27. The van der Waals surface area contributed by atoms with E-state index in [1.807, 2.05) is 47.4 Å². The molecule has 154 valence electrons. The van der Waals surface area contributed by atoms with Crippen LogP contribution in [0.15, 0.2) is 48.7 Å². The summed E-state index contributed by atoms with van der Waals surface area (Å²) in [7, 11) is 0. The number of carbonyl (C=O) groups is 1. The summed E-state index contributed by atoms with van der Waals surface area (Å²) in [6.07, 6.45) is 1.76. The molecule has 0 aliphatic carbocycles. The van der Waals surface area contributed by atoms with Gasteiger partial charge < -0.3 is 19.3 Å². The first-order valence-electron chi connectivity index (χ1n) is 10.3. The lowest BCUT2D eigenvalue weighted by Gasteiger charge is -2.35. The maximum absolute atomic E-state index is 13.2. The van der Waals surface area contributed by atoms with Crippen molar-refractivity contribution in [1.29, 1.82) is 0 Å². The number of morpholine rings is 1. The molecule has 0 saturated carbocycles. The molecule has 7 nitrogen and oxygen atoms in total. The quantitative estimate of drug-likeness (QED) is 0.742. The number of benzene rings is 1. The number of amides is 1. The number of ether oxygens (including phenoxy) is 2. The van der Waals surface area contributed by atoms with Crippen LogP contribution in [0.25, 0.3) is 0 Å². The Morgan fingerprint density at radius 1 is 0.966 bits per heavy atom. The highest BCUT2D eigenvalue weighted by Crippen LogP contribution is 2.21. The van der Waals surface area contributed by atoms with Crippen molar-refractivity contribution in [3.05, 3.63) is 54.2 Å². The van der Waals surface area contributed by atoms with Gasteiger partial charge in [-0.3, -0.25) is 9.69 Å². The van der Waals surface area contributed by atoms with Crippen molar-refractivity contribution >= 4 is 11.7 Å². The van der Waals surface area contributed by atoms with E-state index < -0.39 is 0 Å². The molecule has 7 heteroatoms. The molecule has 0 unspecified atom stereocenters. The lowest BCUT2D eigenvalue weighted by Crippen LogP contribution is -2.50. The van der Waals surface area contributed by atoms with Gasteiger partial charge in [0.15, 0.2) is 0 Å². The lowest BCUT2D eigenvalue weighted by molar-refractivity contribution is 0.0619. The van der Waals surface area contributed by atoms with Crippen LogP contribution in [0.4, 0.5) is 5.82 Å². The Hall–Kier alpha value is -2.64. The highest BCUT2D eigenvalue weighted by molar-refractivity contribution is 5.99. The monoisotopic (exact) mass is 396 g/mol. The van der Waals surface area contributed by atoms with E-state index in [9.17, 15) is 4.79 Å². The molecule has 2 aliphatic heterocycles. The highest BCUT2D eigenvalue weighted by atomic mass is 16.5. The van der Waals surface area contributed by atoms with Gasteiger partial charge in [0.25, 0.3) is 5.91 Å². The average Bonchev–Trinajstić information content (AvgIpc) is 2.80. The average molecular weight is 396 g/mol. The van der Waals surface area contributed by atoms with E-state index in [0.717, 1.165) is 57.4 Å². The van der Waals surface area contributed by atoms with Crippen LogP contribution in [0, 0.1) is 0 Å². The number of nitrogens with zero attached hydrogens (tertiary/aromatic N) is 4. The van der Waals surface area contributed by atoms with Crippen LogP contribution >= 0.6 is 0 Å². The van der Waals surface area contributed by atoms with Gasteiger partial charge in [-0.05, 0) is 24.3 Å². The predicted octanol–water partition coefficient (Wildman–Crippen LogP) is 1.75. The fourth-order valence-corrected chi connectivity index (χ4v) is 3.75. The summed E-state index contributed by atoms with van der Waals surface area (Å²) in [5, 5.41) is 0. The molecule has 29 heavy (non-hydrogen) atoms. The van der Waals surface area contributed by atoms with E-state index in [1.54, 1.807) is 6.20 Å². The molecule has 0 bridgehead atoms. The number of carbonyl (C=O) groups excluding carboxylic acids is 1. The fourth-order valence-electron chi connectivity index (χ4n) is 3.75. The number of para-hydroxylation sites is 1. The van der Waals surface area contributed by atoms with Crippen LogP contribution in [-0.2, 0) is 4.74 Å². The first-order valence-corrected chi connectivity index (χ1v) is 10.3. The number of pyridine rings is 1. The number of hydrogen-bond acceptors (Lipinski definition) is 6. The smallest absolute Gasteiger partial charge is 0.257 e. The molecule has 4 rings (SSSR count). The summed E-state index contributed by atoms with van der Waals surface area (Å²) >= 11 is 0. The van der Waals surface area contributed by atoms with Crippen molar-refractivity contribution < 1.29 is 14.3 Å². The van der Waals surface area contributed by atoms with E-state index in [4.69, 9.17) is 9.47 Å². The second kappa shape index (κ2) is 9.71. The van der Waals surface area contributed by atoms with Gasteiger partial charge in [-0.25, -0.2) is 4.98 Å². The van der Waals surface area contributed by atoms with E-state index in [2.05, 4.69) is 14.8 Å². The van der Waals surface area contributed by atoms with Crippen molar-refractivity contribution in [2.75, 3.05) is 70.5 Å². The maximum Gasteiger partial charge on any atom is 0.257 e. The van der Waals surface area contributed by atoms with Crippen LogP contribution in [-0.4, -0.2) is 86.3 Å². The number of hydrogen-bond donors (Lipinski definition) is 0. The van der Waals surface area contributed by atoms with Crippen LogP contribution in [0.5, 0.6) is 5.75 Å². The Labute approximate surface area is 171 Å². The highest BCUT2D eigenvalue weighted by Gasteiger charge is 2.26. The predicted molar refractivity (Wildman–Crippen MR) is 112 cm³/mol. The van der Waals surface area contributed by atoms with E-state index in [1.165, 1.54) is 0 Å². The summed E-state index contributed by atoms with van der Waals surface area (Å²) in [6, 6.07) is 13.6. The number of rotatable bonds is 6. The van der Waals surface area contributed by atoms with Crippen molar-refractivity contribution in [3.63, 3.8) is 0 Å². The molecule has 1 amide bonds. The molecular formula is C22H28N4O3. The van der Waals surface area contributed by atoms with Gasteiger partial charge in [0.2, 0.25) is 0 Å². The molecule has 1 aromatic heterocycles. The Balaban J connectivity index is 1.29. The van der Waals surface area contributed by atoms with Gasteiger partial charge in [-0.2, -0.15) is 0 Å². The zero-order valence-corrected chi connectivity index (χ0v) is 16.7. The van der Waals surface area contributed by atoms with E-state index in [-0.39, 0.29) is 5.91 Å². The molecule has 0 atom stereocenters. The van der Waals surface area contributed by atoms with Gasteiger partial charge in [0.1, 0.15) is 18.2 Å². The molecule has 0 spiro atoms. The molecule has 3 heterocycles. The van der Waals surface area contributed by atoms with Gasteiger partial charge in [-0.1, -0.05) is 18.2 Å². The van der Waals surface area contributed by atoms with Crippen LogP contribution in [0.1, 0.15) is 10.4 Å². The minimum absolute atomic E-state index is 0.0692. The van der Waals surface area contributed by atoms with Crippen molar-refractivity contribution in [2.24, 2.45) is 0 Å². The zero-order chi connectivity index (χ0) is 19.9. The molecule has 2 aromatic rings. The summed E-state index contributed by atoms with van der Waals surface area (Å²) in [4.78, 5) is 24.1. The largest absolute Gasteiger partial charge is 0.492 e. The Bertz CT molecular complexity index is 788. The maximum atomic E-state index is 13.2. The third-order valence-electron chi connectivity index (χ3n) is 5.41. The molecule has 1 aromatic carbocycles. The van der Waals surface area contributed by atoms with E-state index >= 15 is 0 Å². The van der Waals surface area contributed by atoms with Crippen molar-refractivity contribution in [1.82, 2.24) is 14.8 Å². The summed E-state index contributed by atoms with van der Waals surface area (Å²) in [5.74, 6) is 1.74. The summed E-state index contributed by atoms with van der Waals surface area (Å²) in [5.41, 5.74) is 0.690. The van der Waals surface area contributed by atoms with Crippen LogP contribution in [0.2, 0.25) is 0 Å². The molecule has 2 fully saturated rings. The lowest BCUT2D eigenvalue weighted by atomic mass is 10.2. The van der Waals surface area contributed by atoms with Crippen molar-refractivity contribution in [2.45, 2.75) is 0 Å². The van der Waals surface area contributed by atoms with Crippen LogP contribution in [0.3, 0.4) is 0 Å². The number of piperazine rings is 1. The van der Waals surface area contributed by atoms with E-state index in [0.29, 0.717) is 25.4 Å². The number of aromatic nitrogens is 1. The third-order valence-corrected chi connectivity index (χ3v) is 5.41. The fraction of sp³-hybridized carbons (Fsp3) is 0.455. The molecule has 2 saturated heterocycles. The molecule has 2 aliphatic rings. The van der Waals surface area contributed by atoms with Gasteiger partial charge in [0, 0.05) is 52.0 Å². The van der Waals surface area contributed by atoms with Gasteiger partial charge >= 0.3 is 0 Å². The molecular weight excluding hydrogens is 368 g/mol. The minimum atomic E-state index is 0.0692. The van der Waals surface area contributed by atoms with Gasteiger partial charge in [0.05, 0.1) is 18.8 Å². The Morgan fingerprint density at radius 2 is 1.72 bits per heavy atom. The Morgan fingerprint density at radius 3 is 2.48 bits per heavy atom. The van der Waals surface area contributed by atoms with Crippen molar-refractivity contribution in [3.8, 4) is 5.75 Å². The summed E-state index contributed by atoms with van der Waals surface area (Å²) < 4.78 is 11.2. The normalized spacial score (nSPS) is 17.9. The number of anilines is 1. The molecule has 0 radical (unpaired) electrons. The van der Waals surface area contributed by atoms with Crippen LogP contribution < -0.4 is 9.64 Å². The second-order valence-corrected chi connectivity index (χ2v) is 7.27. The topological polar surface area (TPSA) is 58.1 Å². The first-order chi connectivity index (χ1) is 14.3. The minimum Gasteiger partial charge on any atom is -0.492 e. The SMILES string of the molecule is O=C(c1cccnc1N1CCOCC1)N1CCN(CCOc2ccccc2)CC1. The standard InChI is InChI=1S/C22H28N4O3/c27-22(20-7-4-8-23-21(20)25-14-16-28-17-15-25)26-11-9-24(10-12-26)13-18-29-19-5-2-1-3-6-19/h1-8H,9-18H2. The third kappa shape index (κ3) is 5.05. The first kappa shape index (κ1) is 19.7. The summed E-state index contributed by atoms with van der Waals surface area (Å²) in [6.45, 7) is 7.57. The molecule has 0 N–H and O–H groups in total. The Kier molecular flexibility index (Phi) is 6.59. The zero-order valence-electron chi connectivity index (χ0n) is 16.7. The van der Waals surface area contributed by atoms with Gasteiger partial charge in [-0.15, -0.1) is 0 Å².